The van der Waals surface area contributed by atoms with Crippen LogP contribution in [0, 0.1) is 5.82 Å². The van der Waals surface area contributed by atoms with E-state index in [4.69, 9.17) is 4.55 Å². The van der Waals surface area contributed by atoms with Crippen molar-refractivity contribution in [3.63, 3.8) is 0 Å². The summed E-state index contributed by atoms with van der Waals surface area (Å²) in [6.45, 7) is 0. The molecule has 0 heterocycles. The summed E-state index contributed by atoms with van der Waals surface area (Å²) in [7, 11) is 0. The van der Waals surface area contributed by atoms with Gasteiger partial charge in [0.1, 0.15) is 5.82 Å². The lowest BCUT2D eigenvalue weighted by Crippen LogP contribution is -2.11. The Hall–Kier alpha value is -1.94. The van der Waals surface area contributed by atoms with E-state index in [1.165, 1.54) is 0 Å². The number of hydrogen-bond donors (Lipinski definition) is 1. The van der Waals surface area contributed by atoms with Crippen LogP contribution in [0.1, 0.15) is 11.1 Å². The van der Waals surface area contributed by atoms with E-state index in [2.05, 4.69) is 0 Å². The molecule has 0 aliphatic rings. The molecule has 2 aromatic rings. The van der Waals surface area contributed by atoms with Crippen molar-refractivity contribution in [2.24, 2.45) is 0 Å². The fourth-order valence-corrected chi connectivity index (χ4v) is 2.35. The Bertz CT molecular complexity index is 764. The van der Waals surface area contributed by atoms with Gasteiger partial charge >= 0.3 is 12.4 Å². The van der Waals surface area contributed by atoms with Crippen LogP contribution in [-0.2, 0) is 23.4 Å². The van der Waals surface area contributed by atoms with Crippen molar-refractivity contribution in [3.05, 3.63) is 53.3 Å². The Labute approximate surface area is 133 Å². The minimum Gasteiger partial charge on any atom is -0.302 e. The maximum atomic E-state index is 13.8. The SMILES string of the molecule is O=S(O)c1ccc(F)c(-c2cc(C(F)(F)F)cc(C(F)(F)F)c2)c1. The van der Waals surface area contributed by atoms with Crippen molar-refractivity contribution >= 4 is 11.1 Å². The van der Waals surface area contributed by atoms with Crippen molar-refractivity contribution in [1.82, 2.24) is 0 Å². The summed E-state index contributed by atoms with van der Waals surface area (Å²) in [6.07, 6.45) is -10.2. The van der Waals surface area contributed by atoms with Gasteiger partial charge in [0.25, 0.3) is 0 Å². The molecule has 2 rings (SSSR count). The van der Waals surface area contributed by atoms with Gasteiger partial charge in [-0.05, 0) is 42.0 Å². The van der Waals surface area contributed by atoms with Gasteiger partial charge in [0.2, 0.25) is 0 Å². The standard InChI is InChI=1S/C14H7F7O2S/c15-12-2-1-10(24(22)23)6-11(12)7-3-8(13(16,17)18)5-9(4-7)14(19,20)21/h1-6H,(H,22,23). The highest BCUT2D eigenvalue weighted by Gasteiger charge is 2.37. The minimum atomic E-state index is -5.08. The van der Waals surface area contributed by atoms with E-state index in [0.29, 0.717) is 18.2 Å². The van der Waals surface area contributed by atoms with Gasteiger partial charge in [0.05, 0.1) is 16.0 Å². The Morgan fingerprint density at radius 3 is 1.75 bits per heavy atom. The number of alkyl halides is 6. The Kier molecular flexibility index (Phi) is 4.73. The summed E-state index contributed by atoms with van der Waals surface area (Å²) in [4.78, 5) is -0.364. The average Bonchev–Trinajstić information content (AvgIpc) is 2.45. The van der Waals surface area contributed by atoms with Gasteiger partial charge in [0.15, 0.2) is 11.1 Å². The molecule has 24 heavy (non-hydrogen) atoms. The zero-order valence-electron chi connectivity index (χ0n) is 11.4. The molecule has 1 atom stereocenters. The number of rotatable bonds is 2. The van der Waals surface area contributed by atoms with Crippen LogP contribution in [0.3, 0.4) is 0 Å². The van der Waals surface area contributed by atoms with E-state index in [0.717, 1.165) is 12.1 Å². The maximum Gasteiger partial charge on any atom is 0.416 e. The first-order valence-corrected chi connectivity index (χ1v) is 7.20. The first kappa shape index (κ1) is 18.4. The van der Waals surface area contributed by atoms with Crippen molar-refractivity contribution in [3.8, 4) is 11.1 Å². The Morgan fingerprint density at radius 2 is 1.33 bits per heavy atom. The molecule has 1 unspecified atom stereocenters. The third kappa shape index (κ3) is 3.93. The normalized spacial score (nSPS) is 13.8. The molecule has 130 valence electrons. The summed E-state index contributed by atoms with van der Waals surface area (Å²) in [6, 6.07) is 2.91. The van der Waals surface area contributed by atoms with E-state index < -0.39 is 51.5 Å². The third-order valence-electron chi connectivity index (χ3n) is 3.04. The Balaban J connectivity index is 2.75. The molecule has 0 radical (unpaired) electrons. The van der Waals surface area contributed by atoms with E-state index >= 15 is 0 Å². The fourth-order valence-electron chi connectivity index (χ4n) is 1.94. The molecule has 2 nitrogen and oxygen atoms in total. The summed E-state index contributed by atoms with van der Waals surface area (Å²) >= 11 is -2.58. The molecule has 0 aliphatic heterocycles. The van der Waals surface area contributed by atoms with E-state index in [-0.39, 0.29) is 11.0 Å². The van der Waals surface area contributed by atoms with Crippen molar-refractivity contribution in [2.75, 3.05) is 0 Å². The molecule has 0 spiro atoms. The van der Waals surface area contributed by atoms with Crippen molar-refractivity contribution in [2.45, 2.75) is 17.2 Å². The third-order valence-corrected chi connectivity index (χ3v) is 3.70. The summed E-state index contributed by atoms with van der Waals surface area (Å²) in [5, 5.41) is 0. The summed E-state index contributed by atoms with van der Waals surface area (Å²) in [5.41, 5.74) is -4.57. The highest BCUT2D eigenvalue weighted by molar-refractivity contribution is 7.79. The van der Waals surface area contributed by atoms with Gasteiger partial charge < -0.3 is 4.55 Å². The average molecular weight is 372 g/mol. The van der Waals surface area contributed by atoms with Crippen LogP contribution in [0.5, 0.6) is 0 Å². The van der Waals surface area contributed by atoms with Crippen LogP contribution in [0.2, 0.25) is 0 Å². The predicted octanol–water partition coefficient (Wildman–Crippen LogP) is 5.11. The van der Waals surface area contributed by atoms with Gasteiger partial charge in [0, 0.05) is 5.56 Å². The number of hydrogen-bond acceptors (Lipinski definition) is 1. The van der Waals surface area contributed by atoms with Crippen molar-refractivity contribution < 1.29 is 39.5 Å². The lowest BCUT2D eigenvalue weighted by atomic mass is 9.99. The first-order valence-electron chi connectivity index (χ1n) is 6.10. The molecule has 0 saturated carbocycles. The lowest BCUT2D eigenvalue weighted by molar-refractivity contribution is -0.143. The van der Waals surface area contributed by atoms with E-state index in [9.17, 15) is 34.9 Å². The molecule has 0 aromatic heterocycles. The van der Waals surface area contributed by atoms with Gasteiger partial charge in [-0.25, -0.2) is 8.60 Å². The highest BCUT2D eigenvalue weighted by Crippen LogP contribution is 2.39. The van der Waals surface area contributed by atoms with Crippen LogP contribution >= 0.6 is 0 Å². The Morgan fingerprint density at radius 1 is 0.833 bits per heavy atom. The fraction of sp³-hybridized carbons (Fsp3) is 0.143. The molecule has 0 saturated heterocycles. The molecular formula is C14H7F7O2S. The summed E-state index contributed by atoms with van der Waals surface area (Å²) < 4.78 is 111. The molecule has 10 heteroatoms. The number of halogens is 7. The topological polar surface area (TPSA) is 37.3 Å². The van der Waals surface area contributed by atoms with Crippen molar-refractivity contribution in [1.29, 1.82) is 0 Å². The second kappa shape index (κ2) is 6.17. The zero-order chi connectivity index (χ0) is 18.3. The summed E-state index contributed by atoms with van der Waals surface area (Å²) in [5.74, 6) is -1.13. The monoisotopic (exact) mass is 372 g/mol. The van der Waals surface area contributed by atoms with Crippen LogP contribution in [-0.4, -0.2) is 8.76 Å². The molecule has 0 fully saturated rings. The predicted molar refractivity (Wildman–Crippen MR) is 70.9 cm³/mol. The van der Waals surface area contributed by atoms with Gasteiger partial charge in [-0.2, -0.15) is 26.3 Å². The number of benzene rings is 2. The lowest BCUT2D eigenvalue weighted by Gasteiger charge is -2.15. The van der Waals surface area contributed by atoms with E-state index in [1.807, 2.05) is 0 Å². The van der Waals surface area contributed by atoms with Gasteiger partial charge in [-0.15, -0.1) is 0 Å². The van der Waals surface area contributed by atoms with Gasteiger partial charge in [-0.1, -0.05) is 0 Å². The highest BCUT2D eigenvalue weighted by atomic mass is 32.2. The maximum absolute atomic E-state index is 13.8. The smallest absolute Gasteiger partial charge is 0.302 e. The van der Waals surface area contributed by atoms with Crippen LogP contribution < -0.4 is 0 Å². The molecule has 0 aliphatic carbocycles. The second-order valence-corrected chi connectivity index (χ2v) is 5.66. The largest absolute Gasteiger partial charge is 0.416 e. The second-order valence-electron chi connectivity index (χ2n) is 4.69. The zero-order valence-corrected chi connectivity index (χ0v) is 12.2. The molecule has 0 amide bonds. The minimum absolute atomic E-state index is 0.0878. The van der Waals surface area contributed by atoms with Crippen LogP contribution in [0.15, 0.2) is 41.3 Å². The first-order chi connectivity index (χ1) is 10.9. The molecule has 0 bridgehead atoms. The van der Waals surface area contributed by atoms with Crippen LogP contribution in [0.25, 0.3) is 11.1 Å². The van der Waals surface area contributed by atoms with Gasteiger partial charge in [-0.3, -0.25) is 0 Å². The molecule has 1 N–H and O–H groups in total. The van der Waals surface area contributed by atoms with E-state index in [1.54, 1.807) is 0 Å². The quantitative estimate of drug-likeness (QED) is 0.588. The van der Waals surface area contributed by atoms with Crippen LogP contribution in [0.4, 0.5) is 30.7 Å². The molecular weight excluding hydrogens is 365 g/mol. The molecule has 2 aromatic carbocycles.